The molecule has 0 aliphatic heterocycles. The van der Waals surface area contributed by atoms with Crippen LogP contribution in [0.15, 0.2) is 54.6 Å². The van der Waals surface area contributed by atoms with Gasteiger partial charge in [-0.15, -0.1) is 0 Å². The molecule has 0 radical (unpaired) electrons. The van der Waals surface area contributed by atoms with Gasteiger partial charge in [-0.25, -0.2) is 0 Å². The van der Waals surface area contributed by atoms with E-state index in [2.05, 4.69) is 0 Å². The van der Waals surface area contributed by atoms with Gasteiger partial charge in [0.2, 0.25) is 0 Å². The molecule has 1 aliphatic rings. The molecule has 0 amide bonds. The summed E-state index contributed by atoms with van der Waals surface area (Å²) < 4.78 is 11.6. The summed E-state index contributed by atoms with van der Waals surface area (Å²) in [5, 5.41) is 9.93. The highest BCUT2D eigenvalue weighted by Crippen LogP contribution is 2.27. The van der Waals surface area contributed by atoms with Gasteiger partial charge < -0.3 is 14.6 Å². The standard InChI is InChI=1S/C18H20O3/c19-17-8-4-5-9-18(17)21-16-12-10-15(11-13-16)20-14-6-2-1-3-7-14/h1-3,6-7,10-13,17-19H,4-5,8-9H2/t17-,18-/m0/s1. The normalized spacial score (nSPS) is 21.8. The van der Waals surface area contributed by atoms with Gasteiger partial charge >= 0.3 is 0 Å². The molecule has 0 spiro atoms. The van der Waals surface area contributed by atoms with E-state index < -0.39 is 0 Å². The smallest absolute Gasteiger partial charge is 0.127 e. The summed E-state index contributed by atoms with van der Waals surface area (Å²) in [5.41, 5.74) is 0. The molecule has 2 aromatic rings. The Bertz CT molecular complexity index is 550. The third-order valence-electron chi connectivity index (χ3n) is 3.76. The molecule has 3 nitrogen and oxygen atoms in total. The summed E-state index contributed by atoms with van der Waals surface area (Å²) in [7, 11) is 0. The van der Waals surface area contributed by atoms with Gasteiger partial charge in [-0.1, -0.05) is 24.6 Å². The number of rotatable bonds is 4. The van der Waals surface area contributed by atoms with Gasteiger partial charge in [0.1, 0.15) is 23.4 Å². The van der Waals surface area contributed by atoms with E-state index in [4.69, 9.17) is 9.47 Å². The van der Waals surface area contributed by atoms with Crippen molar-refractivity contribution in [3.05, 3.63) is 54.6 Å². The van der Waals surface area contributed by atoms with Crippen LogP contribution in [0.3, 0.4) is 0 Å². The van der Waals surface area contributed by atoms with Gasteiger partial charge in [0.05, 0.1) is 6.10 Å². The Morgan fingerprint density at radius 1 is 0.762 bits per heavy atom. The Morgan fingerprint density at radius 2 is 1.38 bits per heavy atom. The summed E-state index contributed by atoms with van der Waals surface area (Å²) in [6.07, 6.45) is 3.53. The minimum Gasteiger partial charge on any atom is -0.488 e. The molecule has 110 valence electrons. The van der Waals surface area contributed by atoms with Crippen molar-refractivity contribution in [1.82, 2.24) is 0 Å². The Morgan fingerprint density at radius 3 is 2.10 bits per heavy atom. The van der Waals surface area contributed by atoms with Crippen LogP contribution in [0, 0.1) is 0 Å². The molecule has 1 saturated carbocycles. The number of aliphatic hydroxyl groups excluding tert-OH is 1. The number of hydrogen-bond donors (Lipinski definition) is 1. The molecule has 0 heterocycles. The fourth-order valence-electron chi connectivity index (χ4n) is 2.60. The van der Waals surface area contributed by atoms with Crippen LogP contribution in [-0.2, 0) is 0 Å². The fraction of sp³-hybridized carbons (Fsp3) is 0.333. The van der Waals surface area contributed by atoms with Crippen LogP contribution < -0.4 is 9.47 Å². The van der Waals surface area contributed by atoms with Crippen molar-refractivity contribution in [1.29, 1.82) is 0 Å². The van der Waals surface area contributed by atoms with Crippen LogP contribution in [0.25, 0.3) is 0 Å². The Balaban J connectivity index is 1.61. The lowest BCUT2D eigenvalue weighted by molar-refractivity contribution is 0.00686. The maximum atomic E-state index is 9.93. The quantitative estimate of drug-likeness (QED) is 0.916. The predicted molar refractivity (Wildman–Crippen MR) is 81.8 cm³/mol. The first-order chi connectivity index (χ1) is 10.3. The van der Waals surface area contributed by atoms with Crippen LogP contribution in [0.1, 0.15) is 25.7 Å². The first-order valence-electron chi connectivity index (χ1n) is 7.49. The third-order valence-corrected chi connectivity index (χ3v) is 3.76. The van der Waals surface area contributed by atoms with Crippen LogP contribution in [-0.4, -0.2) is 17.3 Å². The highest BCUT2D eigenvalue weighted by Gasteiger charge is 2.24. The lowest BCUT2D eigenvalue weighted by Crippen LogP contribution is -2.34. The Kier molecular flexibility index (Phi) is 4.41. The molecule has 0 unspecified atom stereocenters. The first kappa shape index (κ1) is 14.0. The first-order valence-corrected chi connectivity index (χ1v) is 7.49. The summed E-state index contributed by atoms with van der Waals surface area (Å²) in [4.78, 5) is 0. The fourth-order valence-corrected chi connectivity index (χ4v) is 2.60. The van der Waals surface area contributed by atoms with Crippen LogP contribution in [0.5, 0.6) is 17.2 Å². The van der Waals surface area contributed by atoms with E-state index in [1.54, 1.807) is 0 Å². The number of benzene rings is 2. The molecular weight excluding hydrogens is 264 g/mol. The summed E-state index contributed by atoms with van der Waals surface area (Å²) in [5.74, 6) is 2.37. The number of aliphatic hydroxyl groups is 1. The van der Waals surface area contributed by atoms with Gasteiger partial charge in [-0.3, -0.25) is 0 Å². The maximum absolute atomic E-state index is 9.93. The van der Waals surface area contributed by atoms with E-state index in [1.807, 2.05) is 54.6 Å². The van der Waals surface area contributed by atoms with Crippen molar-refractivity contribution in [3.63, 3.8) is 0 Å². The SMILES string of the molecule is O[C@H]1CCCC[C@@H]1Oc1ccc(Oc2ccccc2)cc1. The van der Waals surface area contributed by atoms with Crippen molar-refractivity contribution >= 4 is 0 Å². The molecule has 1 aliphatic carbocycles. The molecule has 0 saturated heterocycles. The molecule has 0 bridgehead atoms. The molecule has 3 rings (SSSR count). The Hall–Kier alpha value is -2.00. The third kappa shape index (κ3) is 3.76. The minimum atomic E-state index is -0.348. The summed E-state index contributed by atoms with van der Waals surface area (Å²) in [6.45, 7) is 0. The molecule has 0 aromatic heterocycles. The molecular formula is C18H20O3. The Labute approximate surface area is 125 Å². The largest absolute Gasteiger partial charge is 0.488 e. The second-order valence-corrected chi connectivity index (χ2v) is 5.39. The van der Waals surface area contributed by atoms with E-state index in [1.165, 1.54) is 0 Å². The molecule has 1 N–H and O–H groups in total. The summed E-state index contributed by atoms with van der Waals surface area (Å²) in [6, 6.07) is 17.2. The van der Waals surface area contributed by atoms with Crippen molar-refractivity contribution in [2.75, 3.05) is 0 Å². The topological polar surface area (TPSA) is 38.7 Å². The van der Waals surface area contributed by atoms with Crippen molar-refractivity contribution in [2.45, 2.75) is 37.9 Å². The molecule has 3 heteroatoms. The monoisotopic (exact) mass is 284 g/mol. The second kappa shape index (κ2) is 6.64. The number of para-hydroxylation sites is 1. The molecule has 2 aromatic carbocycles. The van der Waals surface area contributed by atoms with Gasteiger partial charge in [-0.05, 0) is 55.7 Å². The molecule has 21 heavy (non-hydrogen) atoms. The van der Waals surface area contributed by atoms with E-state index in [9.17, 15) is 5.11 Å². The highest BCUT2D eigenvalue weighted by atomic mass is 16.5. The van der Waals surface area contributed by atoms with Crippen molar-refractivity contribution < 1.29 is 14.6 Å². The lowest BCUT2D eigenvalue weighted by Gasteiger charge is -2.28. The lowest BCUT2D eigenvalue weighted by atomic mass is 9.95. The van der Waals surface area contributed by atoms with Gasteiger partial charge in [0.15, 0.2) is 0 Å². The minimum absolute atomic E-state index is 0.0837. The van der Waals surface area contributed by atoms with Crippen LogP contribution >= 0.6 is 0 Å². The van der Waals surface area contributed by atoms with E-state index >= 15 is 0 Å². The van der Waals surface area contributed by atoms with Gasteiger partial charge in [0, 0.05) is 0 Å². The molecule has 1 fully saturated rings. The summed E-state index contributed by atoms with van der Waals surface area (Å²) >= 11 is 0. The average molecular weight is 284 g/mol. The van der Waals surface area contributed by atoms with E-state index in [0.717, 1.165) is 42.9 Å². The predicted octanol–water partition coefficient (Wildman–Crippen LogP) is 4.16. The second-order valence-electron chi connectivity index (χ2n) is 5.39. The zero-order valence-corrected chi connectivity index (χ0v) is 11.9. The molecule has 2 atom stereocenters. The van der Waals surface area contributed by atoms with Crippen LogP contribution in [0.2, 0.25) is 0 Å². The van der Waals surface area contributed by atoms with Crippen molar-refractivity contribution in [3.8, 4) is 17.2 Å². The zero-order valence-electron chi connectivity index (χ0n) is 11.9. The zero-order chi connectivity index (χ0) is 14.5. The number of ether oxygens (including phenoxy) is 2. The number of hydrogen-bond acceptors (Lipinski definition) is 3. The van der Waals surface area contributed by atoms with Gasteiger partial charge in [0.25, 0.3) is 0 Å². The maximum Gasteiger partial charge on any atom is 0.127 e. The highest BCUT2D eigenvalue weighted by molar-refractivity contribution is 5.35. The average Bonchev–Trinajstić information content (AvgIpc) is 2.52. The van der Waals surface area contributed by atoms with Crippen molar-refractivity contribution in [2.24, 2.45) is 0 Å². The van der Waals surface area contributed by atoms with Crippen LogP contribution in [0.4, 0.5) is 0 Å². The van der Waals surface area contributed by atoms with Gasteiger partial charge in [-0.2, -0.15) is 0 Å². The van der Waals surface area contributed by atoms with E-state index in [-0.39, 0.29) is 12.2 Å². The van der Waals surface area contributed by atoms with E-state index in [0.29, 0.717) is 0 Å².